The molecule has 0 aliphatic carbocycles. The topological polar surface area (TPSA) is 33.2 Å². The number of pyridine rings is 1. The number of carbonyl (C=O) groups is 1. The van der Waals surface area contributed by atoms with Crippen LogP contribution in [-0.2, 0) is 0 Å². The Morgan fingerprint density at radius 1 is 1.18 bits per heavy atom. The summed E-state index contributed by atoms with van der Waals surface area (Å²) in [7, 11) is 1.83. The second-order valence-electron chi connectivity index (χ2n) is 3.60. The number of hydrogen-bond acceptors (Lipinski definition) is 3. The molecular weight excluding hydrogens is 219 g/mol. The van der Waals surface area contributed by atoms with Gasteiger partial charge in [-0.1, -0.05) is 0 Å². The fourth-order valence-corrected chi connectivity index (χ4v) is 1.46. The fraction of sp³-hybridized carbons (Fsp3) is 0.0769. The van der Waals surface area contributed by atoms with E-state index in [1.165, 1.54) is 18.3 Å². The monoisotopic (exact) mass is 230 g/mol. The Bertz CT molecular complexity index is 508. The van der Waals surface area contributed by atoms with Crippen LogP contribution in [0, 0.1) is 5.82 Å². The van der Waals surface area contributed by atoms with Gasteiger partial charge in [-0.25, -0.2) is 9.37 Å². The highest BCUT2D eigenvalue weighted by molar-refractivity contribution is 5.75. The number of carbonyl (C=O) groups excluding carboxylic acids is 1. The zero-order valence-electron chi connectivity index (χ0n) is 9.30. The van der Waals surface area contributed by atoms with Gasteiger partial charge in [0.2, 0.25) is 0 Å². The lowest BCUT2D eigenvalue weighted by molar-refractivity contribution is 0.112. The molecule has 0 fully saturated rings. The number of hydrogen-bond donors (Lipinski definition) is 0. The van der Waals surface area contributed by atoms with E-state index in [9.17, 15) is 9.18 Å². The minimum absolute atomic E-state index is 0.272. The highest BCUT2D eigenvalue weighted by atomic mass is 19.1. The zero-order valence-corrected chi connectivity index (χ0v) is 9.30. The maximum atomic E-state index is 12.8. The molecule has 17 heavy (non-hydrogen) atoms. The molecular formula is C13H11FN2O. The largest absolute Gasteiger partial charge is 0.329 e. The quantitative estimate of drug-likeness (QED) is 0.760. The summed E-state index contributed by atoms with van der Waals surface area (Å²) in [4.78, 5) is 16.5. The van der Waals surface area contributed by atoms with E-state index < -0.39 is 0 Å². The molecule has 1 aromatic heterocycles. The molecule has 3 nitrogen and oxygen atoms in total. The third-order valence-electron chi connectivity index (χ3n) is 2.46. The van der Waals surface area contributed by atoms with Crippen LogP contribution in [0.4, 0.5) is 15.9 Å². The van der Waals surface area contributed by atoms with Crippen molar-refractivity contribution < 1.29 is 9.18 Å². The van der Waals surface area contributed by atoms with Crippen molar-refractivity contribution in [2.75, 3.05) is 11.9 Å². The van der Waals surface area contributed by atoms with Gasteiger partial charge >= 0.3 is 0 Å². The van der Waals surface area contributed by atoms with Crippen molar-refractivity contribution in [1.29, 1.82) is 0 Å². The molecule has 2 aromatic rings. The molecule has 0 saturated carbocycles. The van der Waals surface area contributed by atoms with Crippen LogP contribution >= 0.6 is 0 Å². The van der Waals surface area contributed by atoms with Gasteiger partial charge in [-0.2, -0.15) is 0 Å². The Labute approximate surface area is 98.5 Å². The second-order valence-corrected chi connectivity index (χ2v) is 3.60. The number of halogens is 1. The third kappa shape index (κ3) is 2.47. The summed E-state index contributed by atoms with van der Waals surface area (Å²) in [5.41, 5.74) is 1.36. The highest BCUT2D eigenvalue weighted by Crippen LogP contribution is 2.21. The third-order valence-corrected chi connectivity index (χ3v) is 2.46. The van der Waals surface area contributed by atoms with Crippen molar-refractivity contribution in [2.24, 2.45) is 0 Å². The van der Waals surface area contributed by atoms with Gasteiger partial charge in [0.15, 0.2) is 6.29 Å². The van der Waals surface area contributed by atoms with Crippen molar-refractivity contribution in [1.82, 2.24) is 4.98 Å². The van der Waals surface area contributed by atoms with Gasteiger partial charge in [-0.3, -0.25) is 4.79 Å². The van der Waals surface area contributed by atoms with E-state index in [1.54, 1.807) is 24.3 Å². The van der Waals surface area contributed by atoms with Crippen molar-refractivity contribution in [3.8, 4) is 0 Å². The summed E-state index contributed by atoms with van der Waals surface area (Å²) in [5.74, 6) is 0.425. The maximum absolute atomic E-state index is 12.8. The Morgan fingerprint density at radius 3 is 2.41 bits per heavy atom. The molecule has 1 aromatic carbocycles. The van der Waals surface area contributed by atoms with E-state index in [0.717, 1.165) is 12.0 Å². The Balaban J connectivity index is 2.26. The molecule has 0 radical (unpaired) electrons. The molecule has 1 heterocycles. The average Bonchev–Trinajstić information content (AvgIpc) is 2.39. The van der Waals surface area contributed by atoms with E-state index in [-0.39, 0.29) is 5.82 Å². The van der Waals surface area contributed by atoms with Crippen LogP contribution in [-0.4, -0.2) is 18.3 Å². The highest BCUT2D eigenvalue weighted by Gasteiger charge is 2.05. The number of benzene rings is 1. The summed E-state index contributed by atoms with van der Waals surface area (Å²) in [6, 6.07) is 9.56. The van der Waals surface area contributed by atoms with Gasteiger partial charge in [0.25, 0.3) is 0 Å². The summed E-state index contributed by atoms with van der Waals surface area (Å²) < 4.78 is 12.8. The fourth-order valence-electron chi connectivity index (χ4n) is 1.46. The van der Waals surface area contributed by atoms with E-state index >= 15 is 0 Å². The van der Waals surface area contributed by atoms with Crippen LogP contribution in [0.5, 0.6) is 0 Å². The number of nitrogens with zero attached hydrogens (tertiary/aromatic N) is 2. The van der Waals surface area contributed by atoms with Gasteiger partial charge in [-0.15, -0.1) is 0 Å². The minimum Gasteiger partial charge on any atom is -0.329 e. The zero-order chi connectivity index (χ0) is 12.3. The van der Waals surface area contributed by atoms with Crippen LogP contribution < -0.4 is 4.90 Å². The smallest absolute Gasteiger partial charge is 0.151 e. The molecule has 0 bridgehead atoms. The van der Waals surface area contributed by atoms with E-state index in [4.69, 9.17) is 0 Å². The molecule has 0 saturated heterocycles. The van der Waals surface area contributed by atoms with Crippen molar-refractivity contribution >= 4 is 17.8 Å². The van der Waals surface area contributed by atoms with Gasteiger partial charge in [0, 0.05) is 24.5 Å². The van der Waals surface area contributed by atoms with Crippen LogP contribution in [0.25, 0.3) is 0 Å². The van der Waals surface area contributed by atoms with Gasteiger partial charge in [-0.05, 0) is 36.4 Å². The predicted octanol–water partition coefficient (Wildman–Crippen LogP) is 2.80. The van der Waals surface area contributed by atoms with Crippen molar-refractivity contribution in [2.45, 2.75) is 0 Å². The number of anilines is 2. The molecule has 0 aliphatic heterocycles. The molecule has 2 rings (SSSR count). The van der Waals surface area contributed by atoms with Crippen molar-refractivity contribution in [3.63, 3.8) is 0 Å². The van der Waals surface area contributed by atoms with Crippen LogP contribution in [0.1, 0.15) is 10.4 Å². The number of aldehydes is 1. The number of rotatable bonds is 3. The molecule has 0 N–H and O–H groups in total. The van der Waals surface area contributed by atoms with E-state index in [1.807, 2.05) is 11.9 Å². The van der Waals surface area contributed by atoms with Crippen molar-refractivity contribution in [3.05, 3.63) is 54.0 Å². The number of aromatic nitrogens is 1. The predicted molar refractivity (Wildman–Crippen MR) is 64.1 cm³/mol. The standard InChI is InChI=1S/C13H11FN2O/c1-16(12-5-3-11(14)4-6-12)13-7-2-10(9-17)8-15-13/h2-9H,1H3. The molecule has 86 valence electrons. The SMILES string of the molecule is CN(c1ccc(F)cc1)c1ccc(C=O)cn1. The molecule has 0 atom stereocenters. The summed E-state index contributed by atoms with van der Waals surface area (Å²) in [6.07, 6.45) is 2.25. The molecule has 0 unspecified atom stereocenters. The summed E-state index contributed by atoms with van der Waals surface area (Å²) in [6.45, 7) is 0. The van der Waals surface area contributed by atoms with Gasteiger partial charge in [0.1, 0.15) is 11.6 Å². The first kappa shape index (κ1) is 11.3. The lowest BCUT2D eigenvalue weighted by Gasteiger charge is -2.18. The van der Waals surface area contributed by atoms with Crippen LogP contribution in [0.15, 0.2) is 42.6 Å². The first-order valence-corrected chi connectivity index (χ1v) is 5.11. The van der Waals surface area contributed by atoms with Crippen LogP contribution in [0.3, 0.4) is 0 Å². The normalized spacial score (nSPS) is 10.0. The lowest BCUT2D eigenvalue weighted by atomic mass is 10.2. The molecule has 0 aliphatic rings. The molecule has 0 spiro atoms. The minimum atomic E-state index is -0.272. The van der Waals surface area contributed by atoms with Gasteiger partial charge in [0.05, 0.1) is 0 Å². The first-order valence-electron chi connectivity index (χ1n) is 5.11. The average molecular weight is 230 g/mol. The first-order chi connectivity index (χ1) is 8.20. The second kappa shape index (κ2) is 4.74. The van der Waals surface area contributed by atoms with E-state index in [2.05, 4.69) is 4.98 Å². The summed E-state index contributed by atoms with van der Waals surface area (Å²) >= 11 is 0. The Hall–Kier alpha value is -2.23. The maximum Gasteiger partial charge on any atom is 0.151 e. The Morgan fingerprint density at radius 2 is 1.88 bits per heavy atom. The summed E-state index contributed by atoms with van der Waals surface area (Å²) in [5, 5.41) is 0. The molecule has 4 heteroatoms. The van der Waals surface area contributed by atoms with E-state index in [0.29, 0.717) is 11.4 Å². The van der Waals surface area contributed by atoms with Crippen LogP contribution in [0.2, 0.25) is 0 Å². The molecule has 0 amide bonds. The lowest BCUT2D eigenvalue weighted by Crippen LogP contribution is -2.11. The van der Waals surface area contributed by atoms with Gasteiger partial charge < -0.3 is 4.90 Å². The Kier molecular flexibility index (Phi) is 3.14.